The van der Waals surface area contributed by atoms with Crippen LogP contribution in [0.4, 0.5) is 0 Å². The van der Waals surface area contributed by atoms with E-state index in [2.05, 4.69) is 66.3 Å². The van der Waals surface area contributed by atoms with Gasteiger partial charge in [0.1, 0.15) is 58.1 Å². The number of aliphatic hydroxyl groups excluding tert-OH is 3. The van der Waals surface area contributed by atoms with Crippen LogP contribution in [0.5, 0.6) is 17.2 Å². The predicted molar refractivity (Wildman–Crippen MR) is 363 cm³/mol. The number of hydrogen-bond donors (Lipinski definition) is 11. The zero-order valence-corrected chi connectivity index (χ0v) is 56.1. The second-order valence-electron chi connectivity index (χ2n) is 32.9. The van der Waals surface area contributed by atoms with Crippen molar-refractivity contribution in [2.24, 2.45) is 51.6 Å². The number of aliphatic hydroxyl groups is 5. The number of carbonyl (C=O) groups excluding carboxylic acids is 1. The minimum Gasteiger partial charge on any atom is -0.508 e. The lowest BCUT2D eigenvalue weighted by atomic mass is 9.51. The molecule has 16 nitrogen and oxygen atoms in total. The topological polar surface area (TPSA) is 269 Å². The van der Waals surface area contributed by atoms with E-state index in [1.807, 2.05) is 13.0 Å². The van der Waals surface area contributed by atoms with E-state index in [1.165, 1.54) is 17.2 Å². The van der Waals surface area contributed by atoms with E-state index in [0.29, 0.717) is 62.9 Å². The smallest absolute Gasteiger partial charge is 0.337 e. The molecule has 0 radical (unpaired) electrons. The summed E-state index contributed by atoms with van der Waals surface area (Å²) in [5, 5.41) is 98.3. The van der Waals surface area contributed by atoms with Crippen LogP contribution in [0, 0.1) is 45.8 Å². The standard InChI is InChI=1S/C80H98N4O12/c1-4-58(80(93)36-44-27-48(80)28-45-35-78(72(90)54-13-10-12-51(44)63(45)54)23-18-47-11-6-7-22-79(47,92)41-78)74(91)95-61-33-56-69(89)66-60(88)32-50(38-85)94-71(66)67-64-53-19-26-83-73(81)65(53)68(52-17-15-42-30-62(82-5-2)84-37-46(42)29-59(52)75(61,3)96-70(56)67)77(25-24-76(40-77)20-8-9-21-76)34-43-14-16-49(87)31-55(43)57(64)39-86/h4,10,12-14,16,19,30-32,37,44-45,47-48,52,57,59,61-62,64,68,72,82-87,89-90,92-93H,5-9,11,15,17-18,20-29,33-36,38-41,81H2,1-3H3. The van der Waals surface area contributed by atoms with Gasteiger partial charge in [-0.05, 0) is 251 Å². The van der Waals surface area contributed by atoms with Gasteiger partial charge in [-0.1, -0.05) is 69.0 Å². The van der Waals surface area contributed by atoms with Crippen molar-refractivity contribution in [2.45, 2.75) is 234 Å². The van der Waals surface area contributed by atoms with Gasteiger partial charge in [0.2, 0.25) is 0 Å². The highest BCUT2D eigenvalue weighted by atomic mass is 16.6. The first-order valence-corrected chi connectivity index (χ1v) is 36.8. The van der Waals surface area contributed by atoms with Crippen molar-refractivity contribution in [2.75, 3.05) is 19.7 Å². The fraction of sp³-hybridized carbons (Fsp3) is 0.600. The summed E-state index contributed by atoms with van der Waals surface area (Å²) < 4.78 is 22.4. The predicted octanol–water partition coefficient (Wildman–Crippen LogP) is 11.4. The number of fused-ring (bicyclic) bond motifs is 14. The fourth-order valence-corrected chi connectivity index (χ4v) is 24.3. The number of nitrogens with one attached hydrogen (secondary N) is 3. The minimum absolute atomic E-state index is 0.00238. The maximum absolute atomic E-state index is 16.5. The van der Waals surface area contributed by atoms with Gasteiger partial charge < -0.3 is 66.0 Å². The van der Waals surface area contributed by atoms with Crippen molar-refractivity contribution in [1.29, 1.82) is 0 Å². The number of dihydropyridines is 2. The molecule has 0 saturated heterocycles. The second kappa shape index (κ2) is 22.8. The SMILES string of the molecule is CC=C(C(=O)OC1Cc2c3c(c4oc(CO)cc(=O)c4c2O)C2C4=CCNC(N)=C4C(C4CCC5=CC(NCC)NC=C5CC4C1(C)O3)C1(CCC3(CCCC3)C1)Cc1ccc(O)cc1C2CO)C1(O)CC2CC1CC1CC3(CCC4CCCCC4(O)C3)C(O)c3cccc2c31. The van der Waals surface area contributed by atoms with Gasteiger partial charge >= 0.3 is 5.97 Å². The molecule has 17 rings (SSSR count). The average molecular weight is 1310 g/mol. The number of likely N-dealkylation sites (N-methyl/N-ethyl adjacent to an activating group) is 1. The lowest BCUT2D eigenvalue weighted by molar-refractivity contribution is -0.173. The first-order chi connectivity index (χ1) is 46.3. The Morgan fingerprint density at radius 3 is 2.49 bits per heavy atom. The number of aromatic hydroxyl groups is 2. The summed E-state index contributed by atoms with van der Waals surface area (Å²) in [6.45, 7) is 6.07. The molecule has 13 aliphatic rings. The molecule has 510 valence electrons. The molecular formula is C80H98N4O12. The first-order valence-electron chi connectivity index (χ1n) is 36.8. The third kappa shape index (κ3) is 9.31. The van der Waals surface area contributed by atoms with Crippen LogP contribution in [0.3, 0.4) is 0 Å². The average Bonchev–Trinajstić information content (AvgIpc) is 1.24. The molecule has 17 unspecified atom stereocenters. The third-order valence-corrected chi connectivity index (χ3v) is 28.3. The maximum Gasteiger partial charge on any atom is 0.337 e. The molecule has 4 aliphatic heterocycles. The van der Waals surface area contributed by atoms with Gasteiger partial charge in [0.25, 0.3) is 0 Å². The van der Waals surface area contributed by atoms with Crippen LogP contribution in [0.25, 0.3) is 11.0 Å². The van der Waals surface area contributed by atoms with Crippen molar-refractivity contribution in [3.05, 3.63) is 156 Å². The Hall–Kier alpha value is -6.40. The normalized spacial score (nSPS) is 38.3. The van der Waals surface area contributed by atoms with Gasteiger partial charge in [-0.15, -0.1) is 0 Å². The lowest BCUT2D eigenvalue weighted by Crippen LogP contribution is -2.60. The summed E-state index contributed by atoms with van der Waals surface area (Å²) in [7, 11) is 0. The Morgan fingerprint density at radius 2 is 1.69 bits per heavy atom. The fourth-order valence-electron chi connectivity index (χ4n) is 24.3. The molecule has 9 aliphatic carbocycles. The Morgan fingerprint density at radius 1 is 0.875 bits per heavy atom. The zero-order chi connectivity index (χ0) is 66.2. The molecule has 16 heteroatoms. The van der Waals surface area contributed by atoms with E-state index in [0.717, 1.165) is 135 Å². The van der Waals surface area contributed by atoms with Gasteiger partial charge in [0.15, 0.2) is 5.43 Å². The molecule has 96 heavy (non-hydrogen) atoms. The van der Waals surface area contributed by atoms with Gasteiger partial charge in [-0.3, -0.25) is 10.1 Å². The molecule has 4 aromatic rings. The number of carbonyl (C=O) groups is 1. The van der Waals surface area contributed by atoms with Gasteiger partial charge in [0, 0.05) is 59.5 Å². The van der Waals surface area contributed by atoms with Crippen LogP contribution in [0.1, 0.15) is 230 Å². The molecule has 6 bridgehead atoms. The number of allylic oxidation sites excluding steroid dienone is 5. The minimum atomic E-state index is -1.62. The van der Waals surface area contributed by atoms with Crippen LogP contribution in [0.15, 0.2) is 110 Å². The van der Waals surface area contributed by atoms with E-state index < -0.39 is 88.0 Å². The van der Waals surface area contributed by atoms with Crippen molar-refractivity contribution in [1.82, 2.24) is 16.0 Å². The number of phenols is 2. The molecule has 0 amide bonds. The molecule has 12 N–H and O–H groups in total. The second-order valence-corrected chi connectivity index (χ2v) is 32.9. The molecule has 5 heterocycles. The summed E-state index contributed by atoms with van der Waals surface area (Å²) in [5.74, 6) is -3.23. The maximum atomic E-state index is 16.5. The number of phenolic OH excluding ortho intramolecular Hbond substituents is 2. The molecule has 17 atom stereocenters. The van der Waals surface area contributed by atoms with Gasteiger partial charge in [-0.2, -0.15) is 0 Å². The molecule has 6 fully saturated rings. The molecule has 1 aromatic heterocycles. The van der Waals surface area contributed by atoms with Crippen LogP contribution in [-0.2, 0) is 29.0 Å². The monoisotopic (exact) mass is 1310 g/mol. The van der Waals surface area contributed by atoms with E-state index >= 15 is 9.59 Å². The molecule has 6 saturated carbocycles. The number of hydrogen-bond acceptors (Lipinski definition) is 16. The van der Waals surface area contributed by atoms with Crippen molar-refractivity contribution in [3.8, 4) is 17.2 Å². The largest absolute Gasteiger partial charge is 0.508 e. The molecule has 3 spiro atoms. The van der Waals surface area contributed by atoms with Crippen LogP contribution in [0.2, 0.25) is 0 Å². The summed E-state index contributed by atoms with van der Waals surface area (Å²) in [6.07, 6.45) is 24.6. The summed E-state index contributed by atoms with van der Waals surface area (Å²) in [5.41, 5.74) is 12.3. The third-order valence-electron chi connectivity index (χ3n) is 28.3. The van der Waals surface area contributed by atoms with Crippen LogP contribution >= 0.6 is 0 Å². The molecular weight excluding hydrogens is 1210 g/mol. The highest BCUT2D eigenvalue weighted by Gasteiger charge is 2.65. The Kier molecular flexibility index (Phi) is 15.0. The lowest BCUT2D eigenvalue weighted by Gasteiger charge is -2.56. The van der Waals surface area contributed by atoms with Crippen molar-refractivity contribution >= 4 is 16.9 Å². The highest BCUT2D eigenvalue weighted by molar-refractivity contribution is 5.93. The van der Waals surface area contributed by atoms with E-state index in [4.69, 9.17) is 19.6 Å². The number of ether oxygens (including phenoxy) is 2. The number of nitrogens with two attached hydrogens (primary N) is 1. The van der Waals surface area contributed by atoms with E-state index in [-0.39, 0.29) is 99.3 Å². The molecule has 3 aromatic carbocycles. The van der Waals surface area contributed by atoms with Crippen molar-refractivity contribution < 1.29 is 54.4 Å². The zero-order valence-electron chi connectivity index (χ0n) is 56.1. The number of benzene rings is 3. The van der Waals surface area contributed by atoms with E-state index in [1.54, 1.807) is 18.2 Å². The Balaban J connectivity index is 0.856. The number of esters is 1. The quantitative estimate of drug-likeness (QED) is 0.0607. The Labute approximate surface area is 562 Å². The summed E-state index contributed by atoms with van der Waals surface area (Å²) in [6, 6.07) is 13.1. The highest BCUT2D eigenvalue weighted by Crippen LogP contribution is 2.71. The Bertz CT molecular complexity index is 4120. The van der Waals surface area contributed by atoms with Crippen molar-refractivity contribution in [3.63, 3.8) is 0 Å². The first kappa shape index (κ1) is 63.1. The van der Waals surface area contributed by atoms with Gasteiger partial charge in [-0.25, -0.2) is 4.79 Å². The number of rotatable bonds is 7. The summed E-state index contributed by atoms with van der Waals surface area (Å²) in [4.78, 5) is 31.5. The summed E-state index contributed by atoms with van der Waals surface area (Å²) >= 11 is 0. The van der Waals surface area contributed by atoms with Gasteiger partial charge in [0.05, 0.1) is 35.7 Å². The van der Waals surface area contributed by atoms with E-state index in [9.17, 15) is 35.7 Å². The van der Waals surface area contributed by atoms with Crippen LogP contribution < -0.4 is 31.8 Å². The van der Waals surface area contributed by atoms with Crippen LogP contribution in [-0.4, -0.2) is 90.5 Å².